The fourth-order valence-corrected chi connectivity index (χ4v) is 5.02. The van der Waals surface area contributed by atoms with Crippen molar-refractivity contribution in [2.45, 2.75) is 50.2 Å². The first-order chi connectivity index (χ1) is 14.6. The van der Waals surface area contributed by atoms with Crippen molar-refractivity contribution in [2.24, 2.45) is 0 Å². The van der Waals surface area contributed by atoms with E-state index in [1.165, 1.54) is 5.56 Å². The van der Waals surface area contributed by atoms with Crippen LogP contribution >= 0.6 is 23.4 Å². The summed E-state index contributed by atoms with van der Waals surface area (Å²) in [5, 5.41) is 10.6. The summed E-state index contributed by atoms with van der Waals surface area (Å²) in [6, 6.07) is 15.6. The second-order valence-electron chi connectivity index (χ2n) is 7.47. The molecule has 1 aliphatic heterocycles. The number of halogens is 1. The van der Waals surface area contributed by atoms with Crippen LogP contribution in [0.25, 0.3) is 0 Å². The van der Waals surface area contributed by atoms with Gasteiger partial charge < -0.3 is 9.47 Å². The van der Waals surface area contributed by atoms with Crippen molar-refractivity contribution in [1.29, 1.82) is 0 Å². The molecular formula is C23H25ClN4OS. The molecule has 7 heteroatoms. The van der Waals surface area contributed by atoms with E-state index >= 15 is 0 Å². The molecule has 1 unspecified atom stereocenters. The predicted molar refractivity (Wildman–Crippen MR) is 121 cm³/mol. The lowest BCUT2D eigenvalue weighted by atomic mass is 10.1. The summed E-state index contributed by atoms with van der Waals surface area (Å²) in [7, 11) is 0. The molecule has 0 N–H and O–H groups in total. The van der Waals surface area contributed by atoms with Gasteiger partial charge in [0.05, 0.1) is 6.04 Å². The zero-order valence-electron chi connectivity index (χ0n) is 17.2. The van der Waals surface area contributed by atoms with Crippen LogP contribution in [-0.2, 0) is 12.3 Å². The van der Waals surface area contributed by atoms with Crippen LogP contribution in [-0.4, -0.2) is 32.1 Å². The molecule has 3 aromatic rings. The molecule has 30 heavy (non-hydrogen) atoms. The fourth-order valence-electron chi connectivity index (χ4n) is 3.92. The molecular weight excluding hydrogens is 416 g/mol. The summed E-state index contributed by atoms with van der Waals surface area (Å²) >= 11 is 7.64. The summed E-state index contributed by atoms with van der Waals surface area (Å²) in [5.41, 5.74) is 2.96. The quantitative estimate of drug-likeness (QED) is 0.473. The second-order valence-corrected chi connectivity index (χ2v) is 8.85. The predicted octanol–water partition coefficient (Wildman–Crippen LogP) is 5.53. The van der Waals surface area contributed by atoms with Crippen molar-refractivity contribution in [1.82, 2.24) is 19.7 Å². The van der Waals surface area contributed by atoms with Crippen LogP contribution in [0.5, 0.6) is 0 Å². The second kappa shape index (κ2) is 9.23. The third kappa shape index (κ3) is 4.25. The molecule has 1 aliphatic rings. The van der Waals surface area contributed by atoms with Crippen molar-refractivity contribution < 1.29 is 4.79 Å². The van der Waals surface area contributed by atoms with Crippen LogP contribution in [0.4, 0.5) is 0 Å². The maximum absolute atomic E-state index is 13.2. The molecule has 1 saturated heterocycles. The Balaban J connectivity index is 1.55. The van der Waals surface area contributed by atoms with Gasteiger partial charge >= 0.3 is 0 Å². The molecule has 1 atom stereocenters. The Hall–Kier alpha value is -2.31. The minimum absolute atomic E-state index is 0.0329. The molecule has 0 spiro atoms. The first-order valence-electron chi connectivity index (χ1n) is 10.3. The van der Waals surface area contributed by atoms with Gasteiger partial charge in [0.1, 0.15) is 0 Å². The number of hydrogen-bond acceptors (Lipinski definition) is 4. The number of carbonyl (C=O) groups is 1. The first kappa shape index (κ1) is 20.9. The summed E-state index contributed by atoms with van der Waals surface area (Å²) in [5.74, 6) is 1.76. The van der Waals surface area contributed by atoms with Gasteiger partial charge in [0, 0.05) is 29.4 Å². The fraction of sp³-hybridized carbons (Fsp3) is 0.348. The van der Waals surface area contributed by atoms with E-state index in [-0.39, 0.29) is 11.9 Å². The normalized spacial score (nSPS) is 16.2. The van der Waals surface area contributed by atoms with E-state index in [1.54, 1.807) is 11.8 Å². The lowest BCUT2D eigenvalue weighted by Gasteiger charge is -2.25. The summed E-state index contributed by atoms with van der Waals surface area (Å²) in [6.45, 7) is 5.61. The molecule has 4 rings (SSSR count). The van der Waals surface area contributed by atoms with E-state index in [2.05, 4.69) is 21.7 Å². The number of aromatic nitrogens is 3. The number of nitrogens with zero attached hydrogens (tertiary/aromatic N) is 4. The van der Waals surface area contributed by atoms with Crippen LogP contribution in [0.3, 0.4) is 0 Å². The van der Waals surface area contributed by atoms with Gasteiger partial charge in [-0.25, -0.2) is 0 Å². The Kier molecular flexibility index (Phi) is 6.44. The summed E-state index contributed by atoms with van der Waals surface area (Å²) in [6.07, 6.45) is 1.89. The topological polar surface area (TPSA) is 51.0 Å². The van der Waals surface area contributed by atoms with Crippen molar-refractivity contribution in [3.8, 4) is 0 Å². The Bertz CT molecular complexity index is 1030. The lowest BCUT2D eigenvalue weighted by molar-refractivity contribution is 0.0726. The first-order valence-corrected chi connectivity index (χ1v) is 11.6. The van der Waals surface area contributed by atoms with Crippen LogP contribution in [0.2, 0.25) is 5.02 Å². The van der Waals surface area contributed by atoms with E-state index in [0.29, 0.717) is 0 Å². The Morgan fingerprint density at radius 1 is 1.17 bits per heavy atom. The molecule has 1 fully saturated rings. The molecule has 2 heterocycles. The van der Waals surface area contributed by atoms with Gasteiger partial charge in [-0.05, 0) is 56.0 Å². The maximum Gasteiger partial charge on any atom is 0.254 e. The third-order valence-electron chi connectivity index (χ3n) is 5.53. The molecule has 1 aromatic heterocycles. The highest BCUT2D eigenvalue weighted by Crippen LogP contribution is 2.34. The monoisotopic (exact) mass is 440 g/mol. The third-order valence-corrected chi connectivity index (χ3v) is 6.82. The lowest BCUT2D eigenvalue weighted by Crippen LogP contribution is -2.32. The average molecular weight is 441 g/mol. The molecule has 0 radical (unpaired) electrons. The van der Waals surface area contributed by atoms with E-state index in [4.69, 9.17) is 11.6 Å². The number of aryl methyl sites for hydroxylation is 1. The van der Waals surface area contributed by atoms with E-state index in [9.17, 15) is 4.79 Å². The number of thioether (sulfide) groups is 1. The Morgan fingerprint density at radius 2 is 1.93 bits per heavy atom. The van der Waals surface area contributed by atoms with Crippen molar-refractivity contribution in [3.05, 3.63) is 76.1 Å². The SMILES string of the molecule is CCn1c(SCc2ccc(Cl)cc2)nnc1C1CCCN1C(=O)c1ccccc1C. The number of hydrogen-bond donors (Lipinski definition) is 0. The summed E-state index contributed by atoms with van der Waals surface area (Å²) in [4.78, 5) is 15.2. The van der Waals surface area contributed by atoms with Gasteiger partial charge in [-0.15, -0.1) is 10.2 Å². The molecule has 1 amide bonds. The standard InChI is InChI=1S/C23H25ClN4OS/c1-3-27-21(25-26-23(27)30-15-17-10-12-18(24)13-11-17)20-9-6-14-28(20)22(29)19-8-5-4-7-16(19)2/h4-5,7-8,10-13,20H,3,6,9,14-15H2,1-2H3. The van der Waals surface area contributed by atoms with Crippen LogP contribution in [0.15, 0.2) is 53.7 Å². The van der Waals surface area contributed by atoms with Crippen molar-refractivity contribution >= 4 is 29.3 Å². The minimum atomic E-state index is -0.0329. The van der Waals surface area contributed by atoms with Gasteiger partial charge in [0.25, 0.3) is 5.91 Å². The molecule has 0 saturated carbocycles. The van der Waals surface area contributed by atoms with Crippen LogP contribution in [0, 0.1) is 6.92 Å². The van der Waals surface area contributed by atoms with Crippen LogP contribution < -0.4 is 0 Å². The van der Waals surface area contributed by atoms with Gasteiger partial charge in [0.15, 0.2) is 11.0 Å². The highest BCUT2D eigenvalue weighted by molar-refractivity contribution is 7.98. The number of carbonyl (C=O) groups excluding carboxylic acids is 1. The maximum atomic E-state index is 13.2. The number of amides is 1. The number of benzene rings is 2. The van der Waals surface area contributed by atoms with E-state index in [0.717, 1.165) is 58.8 Å². The molecule has 2 aromatic carbocycles. The minimum Gasteiger partial charge on any atom is -0.328 e. The van der Waals surface area contributed by atoms with Gasteiger partial charge in [-0.1, -0.05) is 53.7 Å². The Labute approximate surface area is 186 Å². The largest absolute Gasteiger partial charge is 0.328 e. The van der Waals surface area contributed by atoms with E-state index in [1.807, 2.05) is 60.4 Å². The smallest absolute Gasteiger partial charge is 0.254 e. The van der Waals surface area contributed by atoms with Gasteiger partial charge in [-0.2, -0.15) is 0 Å². The number of rotatable bonds is 6. The molecule has 5 nitrogen and oxygen atoms in total. The van der Waals surface area contributed by atoms with Crippen molar-refractivity contribution in [2.75, 3.05) is 6.54 Å². The zero-order chi connectivity index (χ0) is 21.1. The summed E-state index contributed by atoms with van der Waals surface area (Å²) < 4.78 is 2.15. The highest BCUT2D eigenvalue weighted by Gasteiger charge is 2.34. The van der Waals surface area contributed by atoms with Crippen LogP contribution in [0.1, 0.15) is 53.1 Å². The average Bonchev–Trinajstić information content (AvgIpc) is 3.39. The highest BCUT2D eigenvalue weighted by atomic mass is 35.5. The zero-order valence-corrected chi connectivity index (χ0v) is 18.8. The van der Waals surface area contributed by atoms with Gasteiger partial charge in [0.2, 0.25) is 0 Å². The Morgan fingerprint density at radius 3 is 2.67 bits per heavy atom. The molecule has 156 valence electrons. The van der Waals surface area contributed by atoms with E-state index < -0.39 is 0 Å². The van der Waals surface area contributed by atoms with Crippen molar-refractivity contribution in [3.63, 3.8) is 0 Å². The number of likely N-dealkylation sites (tertiary alicyclic amines) is 1. The molecule has 0 bridgehead atoms. The van der Waals surface area contributed by atoms with Gasteiger partial charge in [-0.3, -0.25) is 4.79 Å². The molecule has 0 aliphatic carbocycles.